The molecule has 5 rings (SSSR count). The quantitative estimate of drug-likeness (QED) is 0.122. The monoisotopic (exact) mass is 590 g/mol. The zero-order chi connectivity index (χ0) is 28.4. The molecule has 1 aromatic heterocycles. The smallest absolute Gasteiger partial charge is 0.247 e. The van der Waals surface area contributed by atoms with Crippen LogP contribution in [0.2, 0.25) is 5.02 Å². The average Bonchev–Trinajstić information content (AvgIpc) is 3.16. The molecule has 0 aliphatic carbocycles. The van der Waals surface area contributed by atoms with Crippen LogP contribution < -0.4 is 19.5 Å². The summed E-state index contributed by atoms with van der Waals surface area (Å²) in [5.74, 6) is 2.42. The van der Waals surface area contributed by atoms with Crippen molar-refractivity contribution in [1.29, 1.82) is 0 Å². The maximum Gasteiger partial charge on any atom is 0.247 e. The number of fused-ring (bicyclic) bond motifs is 3. The fourth-order valence-electron chi connectivity index (χ4n) is 4.60. The Morgan fingerprint density at radius 3 is 2.56 bits per heavy atom. The van der Waals surface area contributed by atoms with Crippen molar-refractivity contribution in [2.24, 2.45) is 0 Å². The molecule has 2 heterocycles. The topological polar surface area (TPSA) is 78.4 Å². The third-order valence-electron chi connectivity index (χ3n) is 6.67. The van der Waals surface area contributed by atoms with E-state index < -0.39 is 6.23 Å². The summed E-state index contributed by atoms with van der Waals surface area (Å²) in [7, 11) is 0. The van der Waals surface area contributed by atoms with Crippen LogP contribution in [0.15, 0.2) is 71.9 Å². The van der Waals surface area contributed by atoms with Gasteiger partial charge in [0.15, 0.2) is 23.4 Å². The molecule has 1 N–H and O–H groups in total. The van der Waals surface area contributed by atoms with Gasteiger partial charge in [0.05, 0.1) is 11.6 Å². The molecule has 1 aliphatic rings. The number of benzene rings is 3. The Kier molecular flexibility index (Phi) is 10.2. The second-order valence-electron chi connectivity index (χ2n) is 9.74. The van der Waals surface area contributed by atoms with Gasteiger partial charge in [-0.15, -0.1) is 10.2 Å². The Morgan fingerprint density at radius 1 is 0.927 bits per heavy atom. The van der Waals surface area contributed by atoms with E-state index in [1.807, 2.05) is 73.7 Å². The average molecular weight is 591 g/mol. The fourth-order valence-corrected chi connectivity index (χ4v) is 5.65. The number of ether oxygens (including phenoxy) is 3. The van der Waals surface area contributed by atoms with Crippen LogP contribution in [0.25, 0.3) is 11.3 Å². The van der Waals surface area contributed by atoms with Gasteiger partial charge in [-0.2, -0.15) is 4.98 Å². The highest BCUT2D eigenvalue weighted by molar-refractivity contribution is 7.99. The molecule has 0 saturated heterocycles. The zero-order valence-corrected chi connectivity index (χ0v) is 25.0. The summed E-state index contributed by atoms with van der Waals surface area (Å²) in [5, 5.41) is 13.5. The molecule has 1 atom stereocenters. The zero-order valence-electron chi connectivity index (χ0n) is 23.4. The predicted molar refractivity (Wildman–Crippen MR) is 165 cm³/mol. The van der Waals surface area contributed by atoms with Crippen molar-refractivity contribution in [3.05, 3.63) is 82.9 Å². The molecule has 41 heavy (non-hydrogen) atoms. The Hall–Kier alpha value is -3.49. The number of rotatable bonds is 13. The SMILES string of the molecule is CCCCCCCSc1nnc2c(n1)OC(c1cc(Cl)c(OCc3ccccc3)c(OCC)c1)Nc1ccccc1-2. The maximum absolute atomic E-state index is 6.80. The molecule has 1 aliphatic heterocycles. The number of hydrogen-bond acceptors (Lipinski definition) is 8. The molecule has 7 nitrogen and oxygen atoms in total. The molecule has 9 heteroatoms. The first kappa shape index (κ1) is 29.0. The van der Waals surface area contributed by atoms with Crippen molar-refractivity contribution in [2.75, 3.05) is 17.7 Å². The molecule has 0 saturated carbocycles. The lowest BCUT2D eigenvalue weighted by Gasteiger charge is -2.22. The number of nitrogens with zero attached hydrogens (tertiary/aromatic N) is 3. The number of nitrogens with one attached hydrogen (secondary N) is 1. The minimum absolute atomic E-state index is 0.376. The second kappa shape index (κ2) is 14.4. The van der Waals surface area contributed by atoms with E-state index in [-0.39, 0.29) is 0 Å². The Morgan fingerprint density at radius 2 is 1.73 bits per heavy atom. The van der Waals surface area contributed by atoms with Gasteiger partial charge in [-0.05, 0) is 37.1 Å². The number of para-hydroxylation sites is 1. The van der Waals surface area contributed by atoms with E-state index in [9.17, 15) is 0 Å². The van der Waals surface area contributed by atoms with Crippen LogP contribution in [0.5, 0.6) is 17.4 Å². The van der Waals surface area contributed by atoms with E-state index in [1.54, 1.807) is 11.8 Å². The number of thioether (sulfide) groups is 1. The molecule has 0 amide bonds. The number of halogens is 1. The lowest BCUT2D eigenvalue weighted by molar-refractivity contribution is 0.223. The van der Waals surface area contributed by atoms with E-state index in [2.05, 4.69) is 22.4 Å². The van der Waals surface area contributed by atoms with Gasteiger partial charge >= 0.3 is 0 Å². The minimum atomic E-state index is -0.596. The van der Waals surface area contributed by atoms with Gasteiger partial charge in [-0.3, -0.25) is 0 Å². The van der Waals surface area contributed by atoms with E-state index in [0.29, 0.717) is 46.5 Å². The van der Waals surface area contributed by atoms with Crippen LogP contribution >= 0.6 is 23.4 Å². The molecule has 3 aromatic carbocycles. The number of unbranched alkanes of at least 4 members (excludes halogenated alkanes) is 4. The van der Waals surface area contributed by atoms with Crippen LogP contribution in [-0.2, 0) is 6.61 Å². The summed E-state index contributed by atoms with van der Waals surface area (Å²) in [4.78, 5) is 4.78. The predicted octanol–water partition coefficient (Wildman–Crippen LogP) is 8.74. The van der Waals surface area contributed by atoms with Crippen molar-refractivity contribution in [3.63, 3.8) is 0 Å². The summed E-state index contributed by atoms with van der Waals surface area (Å²) < 4.78 is 18.6. The lowest BCUT2D eigenvalue weighted by atomic mass is 10.1. The highest BCUT2D eigenvalue weighted by atomic mass is 35.5. The third kappa shape index (κ3) is 7.43. The Balaban J connectivity index is 1.41. The maximum atomic E-state index is 6.80. The van der Waals surface area contributed by atoms with Crippen molar-refractivity contribution < 1.29 is 14.2 Å². The van der Waals surface area contributed by atoms with Crippen molar-refractivity contribution in [3.8, 4) is 28.6 Å². The number of hydrogen-bond donors (Lipinski definition) is 1. The van der Waals surface area contributed by atoms with Crippen LogP contribution in [0.4, 0.5) is 5.69 Å². The summed E-state index contributed by atoms with van der Waals surface area (Å²) in [5.41, 5.74) is 4.15. The van der Waals surface area contributed by atoms with E-state index in [4.69, 9.17) is 30.8 Å². The molecule has 0 spiro atoms. The summed E-state index contributed by atoms with van der Waals surface area (Å²) >= 11 is 8.41. The van der Waals surface area contributed by atoms with Crippen molar-refractivity contribution in [1.82, 2.24) is 15.2 Å². The van der Waals surface area contributed by atoms with Gasteiger partial charge in [-0.25, -0.2) is 0 Å². The van der Waals surface area contributed by atoms with Crippen LogP contribution in [0, 0.1) is 0 Å². The largest absolute Gasteiger partial charge is 0.490 e. The highest BCUT2D eigenvalue weighted by Crippen LogP contribution is 2.43. The molecular formula is C32H35ClN4O3S. The first-order valence-electron chi connectivity index (χ1n) is 14.2. The summed E-state index contributed by atoms with van der Waals surface area (Å²) in [6.07, 6.45) is 5.51. The molecule has 4 aromatic rings. The number of anilines is 1. The van der Waals surface area contributed by atoms with Crippen LogP contribution in [0.3, 0.4) is 0 Å². The first-order valence-corrected chi connectivity index (χ1v) is 15.6. The highest BCUT2D eigenvalue weighted by Gasteiger charge is 2.28. The van der Waals surface area contributed by atoms with Gasteiger partial charge in [0, 0.05) is 22.6 Å². The minimum Gasteiger partial charge on any atom is -0.490 e. The first-order chi connectivity index (χ1) is 20.2. The Labute approximate surface area is 251 Å². The van der Waals surface area contributed by atoms with Crippen molar-refractivity contribution in [2.45, 2.75) is 63.9 Å². The van der Waals surface area contributed by atoms with Crippen molar-refractivity contribution >= 4 is 29.1 Å². The van der Waals surface area contributed by atoms with Crippen LogP contribution in [0.1, 0.15) is 63.3 Å². The fraction of sp³-hybridized carbons (Fsp3) is 0.344. The van der Waals surface area contributed by atoms with Crippen LogP contribution in [-0.4, -0.2) is 27.5 Å². The second-order valence-corrected chi connectivity index (χ2v) is 11.2. The van der Waals surface area contributed by atoms with Gasteiger partial charge in [0.25, 0.3) is 0 Å². The Bertz CT molecular complexity index is 1440. The summed E-state index contributed by atoms with van der Waals surface area (Å²) in [6.45, 7) is 4.99. The normalized spacial score (nSPS) is 13.8. The summed E-state index contributed by atoms with van der Waals surface area (Å²) in [6, 6.07) is 21.6. The molecule has 0 fully saturated rings. The van der Waals surface area contributed by atoms with Gasteiger partial charge in [0.1, 0.15) is 6.61 Å². The number of aromatic nitrogens is 3. The van der Waals surface area contributed by atoms with Gasteiger partial charge in [-0.1, -0.05) is 105 Å². The van der Waals surface area contributed by atoms with Gasteiger partial charge in [0.2, 0.25) is 11.0 Å². The molecule has 214 valence electrons. The molecule has 0 radical (unpaired) electrons. The molecule has 0 bridgehead atoms. The third-order valence-corrected chi connectivity index (χ3v) is 7.88. The van der Waals surface area contributed by atoms with Gasteiger partial charge < -0.3 is 19.5 Å². The van der Waals surface area contributed by atoms with E-state index >= 15 is 0 Å². The van der Waals surface area contributed by atoms with E-state index in [1.165, 1.54) is 25.7 Å². The lowest BCUT2D eigenvalue weighted by Crippen LogP contribution is -2.17. The molecule has 1 unspecified atom stereocenters. The standard InChI is InChI=1S/C32H35ClN4O3S/c1-3-5-6-7-13-18-41-32-35-31-28(36-37-32)24-16-11-12-17-26(24)34-30(40-31)23-19-25(33)29(27(20-23)38-4-2)39-21-22-14-9-8-10-15-22/h8-12,14-17,19-20,30,34H,3-7,13,18,21H2,1-2H3. The molecular weight excluding hydrogens is 556 g/mol. The van der Waals surface area contributed by atoms with E-state index in [0.717, 1.165) is 34.6 Å².